The number of nitrogens with one attached hydrogen (secondary N) is 1. The lowest BCUT2D eigenvalue weighted by Crippen LogP contribution is -2.52. The van der Waals surface area contributed by atoms with E-state index in [1.165, 1.54) is 28.9 Å². The Balaban J connectivity index is 1.42. The van der Waals surface area contributed by atoms with Crippen LogP contribution in [-0.2, 0) is 11.3 Å². The van der Waals surface area contributed by atoms with Gasteiger partial charge in [-0.3, -0.25) is 24.7 Å². The van der Waals surface area contributed by atoms with E-state index in [0.29, 0.717) is 35.6 Å². The molecule has 0 aliphatic carbocycles. The summed E-state index contributed by atoms with van der Waals surface area (Å²) in [4.78, 5) is 46.1. The molecule has 10 nitrogen and oxygen atoms in total. The quantitative estimate of drug-likeness (QED) is 0.342. The first-order chi connectivity index (χ1) is 18.3. The summed E-state index contributed by atoms with van der Waals surface area (Å²) in [5, 5.41) is 14.9. The number of carbonyl (C=O) groups is 2. The number of hydrogen-bond donors (Lipinski definition) is 2. The van der Waals surface area contributed by atoms with E-state index >= 15 is 0 Å². The molecule has 0 radical (unpaired) electrons. The number of aromatic nitrogens is 3. The lowest BCUT2D eigenvalue weighted by atomic mass is 10.2. The van der Waals surface area contributed by atoms with Crippen LogP contribution in [0.3, 0.4) is 0 Å². The Hall–Kier alpha value is -2.64. The van der Waals surface area contributed by atoms with Gasteiger partial charge in [0.25, 0.3) is 5.91 Å². The van der Waals surface area contributed by atoms with Crippen molar-refractivity contribution in [2.24, 2.45) is 0 Å². The van der Waals surface area contributed by atoms with Crippen molar-refractivity contribution in [3.05, 3.63) is 39.4 Å². The number of piperazine rings is 1. The fraction of sp³-hybridized carbons (Fsp3) is 0.480. The third-order valence-electron chi connectivity index (χ3n) is 6.55. The van der Waals surface area contributed by atoms with E-state index in [9.17, 15) is 9.59 Å². The maximum Gasteiger partial charge on any atom is 0.304 e. The number of aliphatic carboxylic acids is 1. The summed E-state index contributed by atoms with van der Waals surface area (Å²) < 4.78 is 0. The zero-order valence-corrected chi connectivity index (χ0v) is 24.1. The minimum atomic E-state index is -0.788. The van der Waals surface area contributed by atoms with Gasteiger partial charge in [0.1, 0.15) is 11.5 Å². The average Bonchev–Trinajstić information content (AvgIpc) is 3.51. The summed E-state index contributed by atoms with van der Waals surface area (Å²) in [6, 6.07) is 2.09. The molecular formula is C25H32ClN7O3S2. The number of anilines is 2. The van der Waals surface area contributed by atoms with Gasteiger partial charge in [-0.25, -0.2) is 15.0 Å². The minimum absolute atomic E-state index is 0.132. The highest BCUT2D eigenvalue weighted by atomic mass is 35.5. The molecule has 38 heavy (non-hydrogen) atoms. The number of amides is 1. The van der Waals surface area contributed by atoms with Gasteiger partial charge in [0.2, 0.25) is 0 Å². The first kappa shape index (κ1) is 28.4. The molecular weight excluding hydrogens is 546 g/mol. The van der Waals surface area contributed by atoms with E-state index < -0.39 is 5.97 Å². The van der Waals surface area contributed by atoms with Crippen molar-refractivity contribution in [1.29, 1.82) is 0 Å². The van der Waals surface area contributed by atoms with Crippen molar-refractivity contribution in [2.45, 2.75) is 39.8 Å². The SMILES string of the molecule is CCN(CC)Cc1sc(NC(=O)c2cnc(N3CCN(CCC(=O)O)C(C)C3)cn2)nc1-c1cc(Cl)cs1. The molecule has 1 aliphatic rings. The highest BCUT2D eigenvalue weighted by molar-refractivity contribution is 7.17. The summed E-state index contributed by atoms with van der Waals surface area (Å²) in [7, 11) is 0. The Kier molecular flexibility index (Phi) is 9.66. The number of halogens is 1. The fourth-order valence-electron chi connectivity index (χ4n) is 4.33. The Morgan fingerprint density at radius 1 is 1.24 bits per heavy atom. The summed E-state index contributed by atoms with van der Waals surface area (Å²) >= 11 is 9.16. The van der Waals surface area contributed by atoms with Gasteiger partial charge in [0.05, 0.1) is 34.4 Å². The molecule has 0 saturated carbocycles. The predicted molar refractivity (Wildman–Crippen MR) is 153 cm³/mol. The molecule has 1 aliphatic heterocycles. The molecule has 1 atom stereocenters. The van der Waals surface area contributed by atoms with Crippen molar-refractivity contribution in [2.75, 3.05) is 49.5 Å². The maximum atomic E-state index is 13.0. The standard InChI is InChI=1S/C25H32ClN7O3S2/c1-4-31(5-2)14-20-23(19-10-17(26)15-37-19)29-25(38-20)30-24(36)18-11-28-21(12-27-18)33-9-8-32(16(3)13-33)7-6-22(34)35/h10-12,15-16H,4-9,13-14H2,1-3H3,(H,34,35)(H,29,30,36). The molecule has 1 saturated heterocycles. The smallest absolute Gasteiger partial charge is 0.304 e. The third kappa shape index (κ3) is 7.06. The number of nitrogens with zero attached hydrogens (tertiary/aromatic N) is 6. The lowest BCUT2D eigenvalue weighted by molar-refractivity contribution is -0.137. The number of rotatable bonds is 11. The van der Waals surface area contributed by atoms with E-state index in [2.05, 4.69) is 50.8 Å². The molecule has 13 heteroatoms. The highest BCUT2D eigenvalue weighted by Gasteiger charge is 2.25. The van der Waals surface area contributed by atoms with E-state index in [-0.39, 0.29) is 24.1 Å². The van der Waals surface area contributed by atoms with Crippen LogP contribution in [0.25, 0.3) is 10.6 Å². The monoisotopic (exact) mass is 577 g/mol. The number of hydrogen-bond acceptors (Lipinski definition) is 10. The minimum Gasteiger partial charge on any atom is -0.481 e. The van der Waals surface area contributed by atoms with Crippen LogP contribution in [0.5, 0.6) is 0 Å². The van der Waals surface area contributed by atoms with Crippen LogP contribution >= 0.6 is 34.3 Å². The van der Waals surface area contributed by atoms with Crippen LogP contribution in [0.15, 0.2) is 23.8 Å². The largest absolute Gasteiger partial charge is 0.481 e. The van der Waals surface area contributed by atoms with Crippen molar-refractivity contribution in [3.63, 3.8) is 0 Å². The van der Waals surface area contributed by atoms with Crippen LogP contribution in [-0.4, -0.2) is 87.0 Å². The molecule has 2 N–H and O–H groups in total. The van der Waals surface area contributed by atoms with Crippen LogP contribution in [0.2, 0.25) is 5.02 Å². The van der Waals surface area contributed by atoms with Crippen LogP contribution < -0.4 is 10.2 Å². The molecule has 4 rings (SSSR count). The van der Waals surface area contributed by atoms with Crippen molar-refractivity contribution < 1.29 is 14.7 Å². The van der Waals surface area contributed by atoms with Gasteiger partial charge >= 0.3 is 5.97 Å². The molecule has 1 amide bonds. The molecule has 4 heterocycles. The molecule has 0 bridgehead atoms. The molecule has 204 valence electrons. The van der Waals surface area contributed by atoms with E-state index in [1.54, 1.807) is 6.20 Å². The summed E-state index contributed by atoms with van der Waals surface area (Å²) in [6.07, 6.45) is 3.23. The first-order valence-electron chi connectivity index (χ1n) is 12.6. The molecule has 1 fully saturated rings. The molecule has 1 unspecified atom stereocenters. The van der Waals surface area contributed by atoms with Crippen LogP contribution in [0, 0.1) is 0 Å². The van der Waals surface area contributed by atoms with Crippen molar-refractivity contribution >= 4 is 57.1 Å². The lowest BCUT2D eigenvalue weighted by Gasteiger charge is -2.40. The summed E-state index contributed by atoms with van der Waals surface area (Å²) in [5.74, 6) is -0.460. The summed E-state index contributed by atoms with van der Waals surface area (Å²) in [5.41, 5.74) is 1.05. The maximum absolute atomic E-state index is 13.0. The second kappa shape index (κ2) is 12.9. The van der Waals surface area contributed by atoms with Crippen molar-refractivity contribution in [1.82, 2.24) is 24.8 Å². The molecule has 0 spiro atoms. The Morgan fingerprint density at radius 3 is 2.63 bits per heavy atom. The van der Waals surface area contributed by atoms with Gasteiger partial charge < -0.3 is 10.0 Å². The topological polar surface area (TPSA) is 115 Å². The zero-order valence-electron chi connectivity index (χ0n) is 21.7. The van der Waals surface area contributed by atoms with E-state index in [4.69, 9.17) is 21.7 Å². The normalized spacial score (nSPS) is 16.2. The Bertz CT molecular complexity index is 1250. The Morgan fingerprint density at radius 2 is 2.03 bits per heavy atom. The van der Waals surface area contributed by atoms with Gasteiger partial charge in [-0.1, -0.05) is 36.8 Å². The number of carbonyl (C=O) groups excluding carboxylic acids is 1. The van der Waals surface area contributed by atoms with Gasteiger partial charge in [-0.15, -0.1) is 11.3 Å². The average molecular weight is 578 g/mol. The van der Waals surface area contributed by atoms with Crippen LogP contribution in [0.1, 0.15) is 42.6 Å². The van der Waals surface area contributed by atoms with Gasteiger partial charge in [-0.2, -0.15) is 0 Å². The zero-order chi connectivity index (χ0) is 27.2. The van der Waals surface area contributed by atoms with Gasteiger partial charge in [0.15, 0.2) is 5.13 Å². The molecule has 3 aromatic rings. The van der Waals surface area contributed by atoms with Gasteiger partial charge in [-0.05, 0) is 26.1 Å². The first-order valence-corrected chi connectivity index (χ1v) is 14.6. The summed E-state index contributed by atoms with van der Waals surface area (Å²) in [6.45, 7) is 11.6. The predicted octanol–water partition coefficient (Wildman–Crippen LogP) is 4.39. The Labute approximate surface area is 235 Å². The highest BCUT2D eigenvalue weighted by Crippen LogP contribution is 2.37. The molecule has 0 aromatic carbocycles. The number of thiophene rings is 1. The second-order valence-electron chi connectivity index (χ2n) is 9.07. The molecule has 3 aromatic heterocycles. The van der Waals surface area contributed by atoms with Gasteiger partial charge in [0, 0.05) is 49.0 Å². The number of carboxylic acids is 1. The van der Waals surface area contributed by atoms with E-state index in [0.717, 1.165) is 41.6 Å². The third-order valence-corrected chi connectivity index (χ3v) is 8.79. The number of thiazole rings is 1. The van der Waals surface area contributed by atoms with Crippen molar-refractivity contribution in [3.8, 4) is 10.6 Å². The number of carboxylic acid groups (broad SMARTS) is 1. The second-order valence-corrected chi connectivity index (χ2v) is 11.5. The van der Waals surface area contributed by atoms with Crippen LogP contribution in [0.4, 0.5) is 10.9 Å². The fourth-order valence-corrected chi connectivity index (χ4v) is 6.50. The van der Waals surface area contributed by atoms with E-state index in [1.807, 2.05) is 11.4 Å².